The summed E-state index contributed by atoms with van der Waals surface area (Å²) in [5, 5.41) is 14.7. The molecule has 1 aromatic rings. The summed E-state index contributed by atoms with van der Waals surface area (Å²) in [6, 6.07) is 9.33. The smallest absolute Gasteiger partial charge is 0.258 e. The lowest BCUT2D eigenvalue weighted by Crippen LogP contribution is -2.59. The number of carbonyl (C=O) groups is 2. The maximum absolute atomic E-state index is 13.0. The summed E-state index contributed by atoms with van der Waals surface area (Å²) in [7, 11) is 0. The Balaban J connectivity index is 1.65. The molecule has 0 saturated heterocycles. The molecule has 184 valence electrons. The number of nitrogens with one attached hydrogen (secondary N) is 1. The van der Waals surface area contributed by atoms with Crippen molar-refractivity contribution in [2.45, 2.75) is 72.4 Å². The van der Waals surface area contributed by atoms with Crippen molar-refractivity contribution in [3.8, 4) is 5.75 Å². The van der Waals surface area contributed by atoms with Crippen LogP contribution in [0.15, 0.2) is 30.3 Å². The molecule has 2 fully saturated rings. The van der Waals surface area contributed by atoms with Crippen molar-refractivity contribution in [1.29, 1.82) is 0 Å². The third kappa shape index (κ3) is 5.53. The summed E-state index contributed by atoms with van der Waals surface area (Å²) < 4.78 is 5.61. The van der Waals surface area contributed by atoms with E-state index in [-0.39, 0.29) is 53.5 Å². The standard InChI is InChI=1S/C27H42N2O4/c1-6-29(7-2)26(32)18(3)21-13-15-27(5)16-14-22(19(4)24(27)25(21)31)28-23(30)17-33-20-11-9-8-10-12-20/h8-12,18-19,21-22,24-25,31H,6-7,13-17H2,1-5H3,(H,28,30). The minimum Gasteiger partial charge on any atom is -0.484 e. The van der Waals surface area contributed by atoms with Crippen molar-refractivity contribution in [3.63, 3.8) is 0 Å². The van der Waals surface area contributed by atoms with Crippen molar-refractivity contribution >= 4 is 11.8 Å². The Morgan fingerprint density at radius 3 is 2.45 bits per heavy atom. The number of aliphatic hydroxyl groups excluding tert-OH is 1. The van der Waals surface area contributed by atoms with E-state index in [4.69, 9.17) is 4.74 Å². The molecule has 2 aliphatic rings. The minimum absolute atomic E-state index is 0.00265. The predicted octanol–water partition coefficient (Wildman–Crippen LogP) is 3.88. The summed E-state index contributed by atoms with van der Waals surface area (Å²) in [4.78, 5) is 27.5. The maximum Gasteiger partial charge on any atom is 0.258 e. The molecule has 0 aliphatic heterocycles. The summed E-state index contributed by atoms with van der Waals surface area (Å²) in [6.45, 7) is 11.8. The van der Waals surface area contributed by atoms with E-state index in [2.05, 4.69) is 19.2 Å². The second kappa shape index (κ2) is 10.9. The van der Waals surface area contributed by atoms with Gasteiger partial charge in [-0.05, 0) is 74.8 Å². The Bertz CT molecular complexity index is 797. The third-order valence-corrected chi connectivity index (χ3v) is 8.45. The fraction of sp³-hybridized carbons (Fsp3) is 0.704. The van der Waals surface area contributed by atoms with Gasteiger partial charge in [-0.2, -0.15) is 0 Å². The number of carbonyl (C=O) groups excluding carboxylic acids is 2. The molecule has 0 aromatic heterocycles. The fourth-order valence-corrected chi connectivity index (χ4v) is 6.42. The summed E-state index contributed by atoms with van der Waals surface area (Å²) in [6.07, 6.45) is 3.20. The van der Waals surface area contributed by atoms with E-state index in [0.29, 0.717) is 18.8 Å². The van der Waals surface area contributed by atoms with E-state index in [1.54, 1.807) is 0 Å². The van der Waals surface area contributed by atoms with Crippen LogP contribution in [0.25, 0.3) is 0 Å². The van der Waals surface area contributed by atoms with E-state index in [0.717, 1.165) is 25.7 Å². The van der Waals surface area contributed by atoms with Crippen LogP contribution in [-0.4, -0.2) is 53.7 Å². The highest BCUT2D eigenvalue weighted by Gasteiger charge is 2.54. The molecule has 7 unspecified atom stereocenters. The Morgan fingerprint density at radius 1 is 1.18 bits per heavy atom. The van der Waals surface area contributed by atoms with Gasteiger partial charge in [0.1, 0.15) is 5.75 Å². The number of aliphatic hydroxyl groups is 1. The predicted molar refractivity (Wildman–Crippen MR) is 130 cm³/mol. The zero-order chi connectivity index (χ0) is 24.2. The quantitative estimate of drug-likeness (QED) is 0.620. The first-order valence-electron chi connectivity index (χ1n) is 12.7. The van der Waals surface area contributed by atoms with Crippen LogP contribution in [0.5, 0.6) is 5.75 Å². The number of rotatable bonds is 8. The molecular formula is C27H42N2O4. The van der Waals surface area contributed by atoms with Crippen LogP contribution < -0.4 is 10.1 Å². The number of ether oxygens (including phenoxy) is 1. The molecule has 2 N–H and O–H groups in total. The Kier molecular flexibility index (Phi) is 8.43. The normalized spacial score (nSPS) is 32.4. The highest BCUT2D eigenvalue weighted by Crippen LogP contribution is 2.55. The van der Waals surface area contributed by atoms with Gasteiger partial charge in [0.15, 0.2) is 6.61 Å². The average molecular weight is 459 g/mol. The van der Waals surface area contributed by atoms with E-state index in [9.17, 15) is 14.7 Å². The lowest BCUT2D eigenvalue weighted by molar-refractivity contribution is -0.150. The van der Waals surface area contributed by atoms with Crippen LogP contribution in [0.3, 0.4) is 0 Å². The number of para-hydroxylation sites is 1. The Hall–Kier alpha value is -2.08. The third-order valence-electron chi connectivity index (χ3n) is 8.45. The summed E-state index contributed by atoms with van der Waals surface area (Å²) >= 11 is 0. The molecule has 0 bridgehead atoms. The van der Waals surface area contributed by atoms with Gasteiger partial charge in [0.05, 0.1) is 6.10 Å². The van der Waals surface area contributed by atoms with Crippen LogP contribution >= 0.6 is 0 Å². The second-order valence-corrected chi connectivity index (χ2v) is 10.3. The van der Waals surface area contributed by atoms with Gasteiger partial charge in [-0.1, -0.05) is 39.0 Å². The largest absolute Gasteiger partial charge is 0.484 e. The van der Waals surface area contributed by atoms with Crippen molar-refractivity contribution in [3.05, 3.63) is 30.3 Å². The first kappa shape index (κ1) is 25.5. The maximum atomic E-state index is 13.0. The highest BCUT2D eigenvalue weighted by atomic mass is 16.5. The van der Waals surface area contributed by atoms with Crippen LogP contribution in [0.2, 0.25) is 0 Å². The monoisotopic (exact) mass is 458 g/mol. The molecular weight excluding hydrogens is 416 g/mol. The van der Waals surface area contributed by atoms with Gasteiger partial charge < -0.3 is 20.1 Å². The van der Waals surface area contributed by atoms with Gasteiger partial charge in [0.2, 0.25) is 5.91 Å². The van der Waals surface area contributed by atoms with Gasteiger partial charge in [0, 0.05) is 25.0 Å². The molecule has 7 atom stereocenters. The molecule has 33 heavy (non-hydrogen) atoms. The van der Waals surface area contributed by atoms with Crippen molar-refractivity contribution < 1.29 is 19.4 Å². The van der Waals surface area contributed by atoms with Crippen LogP contribution in [0.4, 0.5) is 0 Å². The van der Waals surface area contributed by atoms with Crippen LogP contribution in [-0.2, 0) is 9.59 Å². The van der Waals surface area contributed by atoms with Crippen molar-refractivity contribution in [1.82, 2.24) is 10.2 Å². The second-order valence-electron chi connectivity index (χ2n) is 10.3. The SMILES string of the molecule is CCN(CC)C(=O)C(C)C1CCC2(C)CCC(NC(=O)COc3ccccc3)C(C)C2C1O. The molecule has 1 aromatic carbocycles. The average Bonchev–Trinajstić information content (AvgIpc) is 2.81. The lowest BCUT2D eigenvalue weighted by atomic mass is 9.51. The number of benzene rings is 1. The molecule has 2 saturated carbocycles. The minimum atomic E-state index is -0.548. The number of hydrogen-bond acceptors (Lipinski definition) is 4. The first-order chi connectivity index (χ1) is 15.7. The molecule has 6 nitrogen and oxygen atoms in total. The fourth-order valence-electron chi connectivity index (χ4n) is 6.42. The van der Waals surface area contributed by atoms with Gasteiger partial charge >= 0.3 is 0 Å². The highest BCUT2D eigenvalue weighted by molar-refractivity contribution is 5.79. The topological polar surface area (TPSA) is 78.9 Å². The molecule has 2 amide bonds. The van der Waals surface area contributed by atoms with Gasteiger partial charge in [0.25, 0.3) is 5.91 Å². The van der Waals surface area contributed by atoms with E-state index >= 15 is 0 Å². The number of fused-ring (bicyclic) bond motifs is 1. The zero-order valence-corrected chi connectivity index (χ0v) is 20.9. The van der Waals surface area contributed by atoms with Crippen LogP contribution in [0, 0.1) is 29.1 Å². The number of amides is 2. The van der Waals surface area contributed by atoms with Gasteiger partial charge in [-0.3, -0.25) is 9.59 Å². The number of nitrogens with zero attached hydrogens (tertiary/aromatic N) is 1. The molecule has 2 aliphatic carbocycles. The summed E-state index contributed by atoms with van der Waals surface area (Å²) in [5.74, 6) is 0.607. The van der Waals surface area contributed by atoms with E-state index in [1.807, 2.05) is 56.0 Å². The zero-order valence-electron chi connectivity index (χ0n) is 20.9. The molecule has 0 heterocycles. The van der Waals surface area contributed by atoms with Crippen molar-refractivity contribution in [2.75, 3.05) is 19.7 Å². The molecule has 6 heteroatoms. The lowest BCUT2D eigenvalue weighted by Gasteiger charge is -2.56. The summed E-state index contributed by atoms with van der Waals surface area (Å²) in [5.41, 5.74) is 0.0368. The Labute approximate surface area is 199 Å². The first-order valence-corrected chi connectivity index (χ1v) is 12.7. The van der Waals surface area contributed by atoms with Crippen LogP contribution in [0.1, 0.15) is 60.3 Å². The molecule has 0 spiro atoms. The van der Waals surface area contributed by atoms with E-state index < -0.39 is 6.10 Å². The van der Waals surface area contributed by atoms with Gasteiger partial charge in [-0.25, -0.2) is 0 Å². The molecule has 3 rings (SSSR count). The van der Waals surface area contributed by atoms with E-state index in [1.165, 1.54) is 0 Å². The van der Waals surface area contributed by atoms with Crippen molar-refractivity contribution in [2.24, 2.45) is 29.1 Å². The molecule has 0 radical (unpaired) electrons. The Morgan fingerprint density at radius 2 is 1.82 bits per heavy atom. The van der Waals surface area contributed by atoms with Gasteiger partial charge in [-0.15, -0.1) is 0 Å². The number of hydrogen-bond donors (Lipinski definition) is 2.